The highest BCUT2D eigenvalue weighted by Crippen LogP contribution is 2.23. The van der Waals surface area contributed by atoms with Gasteiger partial charge in [0.25, 0.3) is 0 Å². The number of halogens is 1. The maximum absolute atomic E-state index is 11.8. The van der Waals surface area contributed by atoms with Crippen LogP contribution < -0.4 is 5.32 Å². The van der Waals surface area contributed by atoms with Crippen molar-refractivity contribution in [3.8, 4) is 0 Å². The maximum Gasteiger partial charge on any atom is 0.340 e. The smallest absolute Gasteiger partial charge is 0.340 e. The van der Waals surface area contributed by atoms with E-state index in [1.807, 2.05) is 12.1 Å². The fourth-order valence-corrected chi connectivity index (χ4v) is 2.24. The van der Waals surface area contributed by atoms with Crippen molar-refractivity contribution in [2.24, 2.45) is 0 Å². The SMILES string of the molecule is COC(=O)c1cc(Cl)ccc1NC(C)CCc1ccco1. The Balaban J connectivity index is 2.02. The Morgan fingerprint density at radius 3 is 2.90 bits per heavy atom. The second kappa shape index (κ2) is 7.18. The van der Waals surface area contributed by atoms with Gasteiger partial charge in [0.2, 0.25) is 0 Å². The summed E-state index contributed by atoms with van der Waals surface area (Å²) in [5.74, 6) is 0.547. The molecule has 1 N–H and O–H groups in total. The first-order valence-electron chi connectivity index (χ1n) is 6.77. The van der Waals surface area contributed by atoms with Gasteiger partial charge in [-0.25, -0.2) is 4.79 Å². The van der Waals surface area contributed by atoms with Crippen LogP contribution in [0.4, 0.5) is 5.69 Å². The summed E-state index contributed by atoms with van der Waals surface area (Å²) >= 11 is 5.94. The summed E-state index contributed by atoms with van der Waals surface area (Å²) in [5, 5.41) is 3.82. The summed E-state index contributed by atoms with van der Waals surface area (Å²) < 4.78 is 10.1. The normalized spacial score (nSPS) is 12.0. The number of furan rings is 1. The number of hydrogen-bond acceptors (Lipinski definition) is 4. The van der Waals surface area contributed by atoms with Gasteiger partial charge in [-0.05, 0) is 43.7 Å². The highest BCUT2D eigenvalue weighted by Gasteiger charge is 2.14. The molecule has 0 amide bonds. The molecule has 1 atom stereocenters. The minimum atomic E-state index is -0.404. The molecule has 0 saturated heterocycles. The van der Waals surface area contributed by atoms with E-state index >= 15 is 0 Å². The number of hydrogen-bond donors (Lipinski definition) is 1. The number of carbonyl (C=O) groups is 1. The molecule has 112 valence electrons. The average Bonchev–Trinajstić information content (AvgIpc) is 2.99. The van der Waals surface area contributed by atoms with Crippen molar-refractivity contribution < 1.29 is 13.9 Å². The van der Waals surface area contributed by atoms with Crippen molar-refractivity contribution in [3.63, 3.8) is 0 Å². The molecule has 0 aliphatic rings. The third-order valence-electron chi connectivity index (χ3n) is 3.19. The molecule has 1 heterocycles. The van der Waals surface area contributed by atoms with Crippen molar-refractivity contribution >= 4 is 23.3 Å². The van der Waals surface area contributed by atoms with E-state index < -0.39 is 5.97 Å². The van der Waals surface area contributed by atoms with Crippen LogP contribution in [0.25, 0.3) is 0 Å². The molecule has 5 heteroatoms. The molecule has 21 heavy (non-hydrogen) atoms. The van der Waals surface area contributed by atoms with Crippen LogP contribution >= 0.6 is 11.6 Å². The zero-order valence-corrected chi connectivity index (χ0v) is 12.8. The fourth-order valence-electron chi connectivity index (χ4n) is 2.07. The van der Waals surface area contributed by atoms with Gasteiger partial charge in [0.15, 0.2) is 0 Å². The van der Waals surface area contributed by atoms with Gasteiger partial charge >= 0.3 is 5.97 Å². The number of nitrogens with one attached hydrogen (secondary N) is 1. The van der Waals surface area contributed by atoms with Crippen LogP contribution in [0.2, 0.25) is 5.02 Å². The quantitative estimate of drug-likeness (QED) is 0.814. The summed E-state index contributed by atoms with van der Waals surface area (Å²) in [6, 6.07) is 9.15. The maximum atomic E-state index is 11.8. The first-order chi connectivity index (χ1) is 10.1. The number of carbonyl (C=O) groups excluding carboxylic acids is 1. The minimum absolute atomic E-state index is 0.180. The van der Waals surface area contributed by atoms with E-state index in [4.69, 9.17) is 20.8 Å². The predicted molar refractivity (Wildman–Crippen MR) is 82.9 cm³/mol. The van der Waals surface area contributed by atoms with Gasteiger partial charge in [0.1, 0.15) is 5.76 Å². The van der Waals surface area contributed by atoms with Crippen molar-refractivity contribution in [2.75, 3.05) is 12.4 Å². The van der Waals surface area contributed by atoms with Gasteiger partial charge in [0, 0.05) is 23.2 Å². The summed E-state index contributed by atoms with van der Waals surface area (Å²) in [6.45, 7) is 2.05. The van der Waals surface area contributed by atoms with E-state index in [1.54, 1.807) is 24.5 Å². The third-order valence-corrected chi connectivity index (χ3v) is 3.43. The highest BCUT2D eigenvalue weighted by molar-refractivity contribution is 6.31. The fraction of sp³-hybridized carbons (Fsp3) is 0.312. The summed E-state index contributed by atoms with van der Waals surface area (Å²) in [6.07, 6.45) is 3.39. The topological polar surface area (TPSA) is 51.5 Å². The van der Waals surface area contributed by atoms with Gasteiger partial charge in [-0.1, -0.05) is 11.6 Å². The molecule has 0 fully saturated rings. The van der Waals surface area contributed by atoms with Crippen LogP contribution in [0.3, 0.4) is 0 Å². The monoisotopic (exact) mass is 307 g/mol. The molecule has 0 aliphatic carbocycles. The van der Waals surface area contributed by atoms with Crippen molar-refractivity contribution in [2.45, 2.75) is 25.8 Å². The number of anilines is 1. The first-order valence-corrected chi connectivity index (χ1v) is 7.14. The van der Waals surface area contributed by atoms with E-state index in [9.17, 15) is 4.79 Å². The lowest BCUT2D eigenvalue weighted by Crippen LogP contribution is -2.18. The number of esters is 1. The summed E-state index contributed by atoms with van der Waals surface area (Å²) in [7, 11) is 1.35. The van der Waals surface area contributed by atoms with Gasteiger partial charge in [-0.2, -0.15) is 0 Å². The number of ether oxygens (including phenoxy) is 1. The van der Waals surface area contributed by atoms with Crippen LogP contribution in [0.5, 0.6) is 0 Å². The van der Waals surface area contributed by atoms with Gasteiger partial charge in [0.05, 0.1) is 18.9 Å². The molecule has 0 spiro atoms. The Morgan fingerprint density at radius 2 is 2.24 bits per heavy atom. The average molecular weight is 308 g/mol. The lowest BCUT2D eigenvalue weighted by atomic mass is 10.1. The van der Waals surface area contributed by atoms with Crippen LogP contribution in [-0.2, 0) is 11.2 Å². The number of benzene rings is 1. The van der Waals surface area contributed by atoms with E-state index in [2.05, 4.69) is 12.2 Å². The van der Waals surface area contributed by atoms with Crippen LogP contribution in [0, 0.1) is 0 Å². The molecule has 4 nitrogen and oxygen atoms in total. The number of aryl methyl sites for hydroxylation is 1. The van der Waals surface area contributed by atoms with Gasteiger partial charge in [-0.15, -0.1) is 0 Å². The van der Waals surface area contributed by atoms with E-state index in [-0.39, 0.29) is 6.04 Å². The van der Waals surface area contributed by atoms with Gasteiger partial charge < -0.3 is 14.5 Å². The molecule has 2 rings (SSSR count). The minimum Gasteiger partial charge on any atom is -0.469 e. The predicted octanol–water partition coefficient (Wildman–Crippen LogP) is 4.15. The van der Waals surface area contributed by atoms with Crippen LogP contribution in [-0.4, -0.2) is 19.1 Å². The van der Waals surface area contributed by atoms with Crippen molar-refractivity contribution in [3.05, 3.63) is 52.9 Å². The Hall–Kier alpha value is -1.94. The molecule has 0 saturated carbocycles. The van der Waals surface area contributed by atoms with Crippen molar-refractivity contribution in [1.29, 1.82) is 0 Å². The number of rotatable bonds is 6. The van der Waals surface area contributed by atoms with Crippen LogP contribution in [0.15, 0.2) is 41.0 Å². The zero-order valence-electron chi connectivity index (χ0n) is 12.1. The molecule has 0 radical (unpaired) electrons. The van der Waals surface area contributed by atoms with E-state index in [0.29, 0.717) is 10.6 Å². The number of methoxy groups -OCH3 is 1. The lowest BCUT2D eigenvalue weighted by Gasteiger charge is -2.17. The molecular weight excluding hydrogens is 290 g/mol. The first kappa shape index (κ1) is 15.4. The molecule has 1 aromatic heterocycles. The highest BCUT2D eigenvalue weighted by atomic mass is 35.5. The standard InChI is InChI=1S/C16H18ClNO3/c1-11(5-7-13-4-3-9-21-13)18-15-8-6-12(17)10-14(15)16(19)20-2/h3-4,6,8-11,18H,5,7H2,1-2H3. The third kappa shape index (κ3) is 4.26. The molecule has 2 aromatic rings. The second-order valence-corrected chi connectivity index (χ2v) is 5.28. The molecule has 1 aromatic carbocycles. The Bertz CT molecular complexity index is 596. The lowest BCUT2D eigenvalue weighted by molar-refractivity contribution is 0.0602. The summed E-state index contributed by atoms with van der Waals surface area (Å²) in [5.41, 5.74) is 1.16. The largest absolute Gasteiger partial charge is 0.469 e. The van der Waals surface area contributed by atoms with Gasteiger partial charge in [-0.3, -0.25) is 0 Å². The second-order valence-electron chi connectivity index (χ2n) is 4.84. The summed E-state index contributed by atoms with van der Waals surface area (Å²) in [4.78, 5) is 11.8. The zero-order chi connectivity index (χ0) is 15.2. The molecule has 0 bridgehead atoms. The van der Waals surface area contributed by atoms with E-state index in [1.165, 1.54) is 7.11 Å². The van der Waals surface area contributed by atoms with Crippen LogP contribution in [0.1, 0.15) is 29.5 Å². The molecule has 0 aliphatic heterocycles. The van der Waals surface area contributed by atoms with E-state index in [0.717, 1.165) is 24.3 Å². The molecular formula is C16H18ClNO3. The molecule has 1 unspecified atom stereocenters. The Labute approximate surface area is 129 Å². The van der Waals surface area contributed by atoms with Crippen molar-refractivity contribution in [1.82, 2.24) is 0 Å². The Kier molecular flexibility index (Phi) is 5.28. The Morgan fingerprint density at radius 1 is 1.43 bits per heavy atom.